The Bertz CT molecular complexity index is 661. The number of hydrogen-bond donors (Lipinski definition) is 1. The van der Waals surface area contributed by atoms with Crippen molar-refractivity contribution >= 4 is 5.91 Å². The molecular formula is C18H26N4O. The molecule has 124 valence electrons. The third-order valence-electron chi connectivity index (χ3n) is 3.99. The van der Waals surface area contributed by atoms with E-state index in [2.05, 4.69) is 29.2 Å². The van der Waals surface area contributed by atoms with Crippen molar-refractivity contribution in [3.63, 3.8) is 0 Å². The molecule has 5 nitrogen and oxygen atoms in total. The van der Waals surface area contributed by atoms with Gasteiger partial charge < -0.3 is 5.32 Å². The van der Waals surface area contributed by atoms with Gasteiger partial charge in [-0.2, -0.15) is 5.10 Å². The van der Waals surface area contributed by atoms with Crippen LogP contribution in [0.15, 0.2) is 24.5 Å². The minimum absolute atomic E-state index is 0.0182. The Morgan fingerprint density at radius 1 is 1.22 bits per heavy atom. The smallest absolute Gasteiger partial charge is 0.225 e. The summed E-state index contributed by atoms with van der Waals surface area (Å²) in [7, 11) is 0. The summed E-state index contributed by atoms with van der Waals surface area (Å²) in [6.07, 6.45) is 3.84. The molecule has 5 heteroatoms. The first kappa shape index (κ1) is 17.2. The molecule has 0 saturated heterocycles. The highest BCUT2D eigenvalue weighted by atomic mass is 16.1. The summed E-state index contributed by atoms with van der Waals surface area (Å²) in [5, 5.41) is 7.61. The zero-order valence-electron chi connectivity index (χ0n) is 14.6. The summed E-state index contributed by atoms with van der Waals surface area (Å²) in [6.45, 7) is 11.2. The number of hydrogen-bond acceptors (Lipinski definition) is 3. The fraction of sp³-hybridized carbons (Fsp3) is 0.500. The first-order valence-corrected chi connectivity index (χ1v) is 8.10. The second kappa shape index (κ2) is 7.40. The Hall–Kier alpha value is -2.17. The Kier molecular flexibility index (Phi) is 5.53. The van der Waals surface area contributed by atoms with Crippen LogP contribution in [0.1, 0.15) is 49.3 Å². The van der Waals surface area contributed by atoms with E-state index in [-0.39, 0.29) is 11.9 Å². The van der Waals surface area contributed by atoms with Crippen LogP contribution in [0, 0.1) is 19.8 Å². The Morgan fingerprint density at radius 2 is 1.87 bits per heavy atom. The molecule has 0 fully saturated rings. The van der Waals surface area contributed by atoms with Gasteiger partial charge in [-0.15, -0.1) is 0 Å². The standard InChI is InChI=1S/C18H26N4O/c1-12(2)11-22-15(5)17(14(4)21-22)10-18(23)20-13(3)16-6-8-19-9-7-16/h6-9,12-13H,10-11H2,1-5H3,(H,20,23). The molecule has 1 amide bonds. The lowest BCUT2D eigenvalue weighted by molar-refractivity contribution is -0.121. The zero-order chi connectivity index (χ0) is 17.0. The van der Waals surface area contributed by atoms with Gasteiger partial charge in [-0.1, -0.05) is 13.8 Å². The van der Waals surface area contributed by atoms with Crippen LogP contribution in [0.5, 0.6) is 0 Å². The molecule has 0 bridgehead atoms. The molecule has 1 unspecified atom stereocenters. The van der Waals surface area contributed by atoms with Crippen LogP contribution in [-0.2, 0) is 17.8 Å². The number of aromatic nitrogens is 3. The van der Waals surface area contributed by atoms with Crippen LogP contribution >= 0.6 is 0 Å². The first-order valence-electron chi connectivity index (χ1n) is 8.10. The number of rotatable bonds is 6. The fourth-order valence-corrected chi connectivity index (χ4v) is 2.70. The van der Waals surface area contributed by atoms with Gasteiger partial charge in [0, 0.05) is 30.2 Å². The van der Waals surface area contributed by atoms with E-state index < -0.39 is 0 Å². The van der Waals surface area contributed by atoms with Gasteiger partial charge >= 0.3 is 0 Å². The van der Waals surface area contributed by atoms with Crippen molar-refractivity contribution in [2.24, 2.45) is 5.92 Å². The van der Waals surface area contributed by atoms with Crippen molar-refractivity contribution in [1.82, 2.24) is 20.1 Å². The molecule has 0 spiro atoms. The van der Waals surface area contributed by atoms with Gasteiger partial charge in [0.2, 0.25) is 5.91 Å². The lowest BCUT2D eigenvalue weighted by atomic mass is 10.1. The van der Waals surface area contributed by atoms with Crippen molar-refractivity contribution in [3.05, 3.63) is 47.0 Å². The van der Waals surface area contributed by atoms with Gasteiger partial charge in [0.25, 0.3) is 0 Å². The van der Waals surface area contributed by atoms with Crippen molar-refractivity contribution in [3.8, 4) is 0 Å². The summed E-state index contributed by atoms with van der Waals surface area (Å²) >= 11 is 0. The van der Waals surface area contributed by atoms with Crippen molar-refractivity contribution in [1.29, 1.82) is 0 Å². The molecular weight excluding hydrogens is 288 g/mol. The molecule has 2 aromatic rings. The molecule has 2 aromatic heterocycles. The van der Waals surface area contributed by atoms with Crippen LogP contribution < -0.4 is 5.32 Å². The highest BCUT2D eigenvalue weighted by molar-refractivity contribution is 5.79. The van der Waals surface area contributed by atoms with E-state index in [0.717, 1.165) is 29.1 Å². The second-order valence-corrected chi connectivity index (χ2v) is 6.47. The Morgan fingerprint density at radius 3 is 2.48 bits per heavy atom. The molecule has 0 aliphatic carbocycles. The third kappa shape index (κ3) is 4.41. The number of nitrogens with zero attached hydrogens (tertiary/aromatic N) is 3. The number of pyridine rings is 1. The largest absolute Gasteiger partial charge is 0.349 e. The SMILES string of the molecule is Cc1nn(CC(C)C)c(C)c1CC(=O)NC(C)c1ccncc1. The molecule has 2 rings (SSSR count). The maximum absolute atomic E-state index is 12.4. The number of nitrogens with one attached hydrogen (secondary N) is 1. The number of aryl methyl sites for hydroxylation is 1. The molecule has 0 aliphatic heterocycles. The summed E-state index contributed by atoms with van der Waals surface area (Å²) in [6, 6.07) is 3.81. The second-order valence-electron chi connectivity index (χ2n) is 6.47. The first-order chi connectivity index (χ1) is 10.9. The zero-order valence-corrected chi connectivity index (χ0v) is 14.6. The minimum Gasteiger partial charge on any atom is -0.349 e. The van der Waals surface area contributed by atoms with E-state index in [0.29, 0.717) is 12.3 Å². The highest BCUT2D eigenvalue weighted by Crippen LogP contribution is 2.16. The third-order valence-corrected chi connectivity index (χ3v) is 3.99. The topological polar surface area (TPSA) is 59.8 Å². The normalized spacial score (nSPS) is 12.4. The Balaban J connectivity index is 2.04. The maximum atomic E-state index is 12.4. The lowest BCUT2D eigenvalue weighted by Crippen LogP contribution is -2.28. The van der Waals surface area contributed by atoms with Gasteiger partial charge in [0.1, 0.15) is 0 Å². The van der Waals surface area contributed by atoms with Gasteiger partial charge in [0.15, 0.2) is 0 Å². The van der Waals surface area contributed by atoms with Crippen LogP contribution in [-0.4, -0.2) is 20.7 Å². The molecule has 0 aromatic carbocycles. The predicted octanol–water partition coefficient (Wildman–Crippen LogP) is 2.97. The van der Waals surface area contributed by atoms with Crippen molar-refractivity contribution < 1.29 is 4.79 Å². The quantitative estimate of drug-likeness (QED) is 0.891. The maximum Gasteiger partial charge on any atom is 0.225 e. The van der Waals surface area contributed by atoms with Crippen molar-refractivity contribution in [2.45, 2.75) is 53.6 Å². The van der Waals surface area contributed by atoms with Gasteiger partial charge in [-0.25, -0.2) is 0 Å². The molecule has 1 N–H and O–H groups in total. The summed E-state index contributed by atoms with van der Waals surface area (Å²) in [4.78, 5) is 16.4. The molecule has 23 heavy (non-hydrogen) atoms. The molecule has 1 atom stereocenters. The number of carbonyl (C=O) groups excluding carboxylic acids is 1. The van der Waals surface area contributed by atoms with Gasteiger partial charge in [-0.3, -0.25) is 14.5 Å². The van der Waals surface area contributed by atoms with Crippen LogP contribution in [0.4, 0.5) is 0 Å². The summed E-state index contributed by atoms with van der Waals surface area (Å²) in [5.74, 6) is 0.547. The van der Waals surface area contributed by atoms with E-state index in [4.69, 9.17) is 0 Å². The molecule has 2 heterocycles. The van der Waals surface area contributed by atoms with Gasteiger partial charge in [0.05, 0.1) is 18.2 Å². The average Bonchev–Trinajstić information content (AvgIpc) is 2.75. The van der Waals surface area contributed by atoms with E-state index >= 15 is 0 Å². The molecule has 0 aliphatic rings. The lowest BCUT2D eigenvalue weighted by Gasteiger charge is -2.14. The predicted molar refractivity (Wildman–Crippen MR) is 91.0 cm³/mol. The summed E-state index contributed by atoms with van der Waals surface area (Å²) in [5.41, 5.74) is 4.11. The summed E-state index contributed by atoms with van der Waals surface area (Å²) < 4.78 is 2.01. The van der Waals surface area contributed by atoms with E-state index in [1.54, 1.807) is 12.4 Å². The average molecular weight is 314 g/mol. The molecule has 0 radical (unpaired) electrons. The van der Waals surface area contributed by atoms with E-state index in [9.17, 15) is 4.79 Å². The van der Waals surface area contributed by atoms with Gasteiger partial charge in [-0.05, 0) is 44.4 Å². The van der Waals surface area contributed by atoms with Crippen LogP contribution in [0.2, 0.25) is 0 Å². The van der Waals surface area contributed by atoms with Crippen molar-refractivity contribution in [2.75, 3.05) is 0 Å². The minimum atomic E-state index is -0.0307. The van der Waals surface area contributed by atoms with Crippen LogP contribution in [0.25, 0.3) is 0 Å². The van der Waals surface area contributed by atoms with E-state index in [1.165, 1.54) is 0 Å². The number of carbonyl (C=O) groups is 1. The molecule has 0 saturated carbocycles. The van der Waals surface area contributed by atoms with E-state index in [1.807, 2.05) is 37.6 Å². The highest BCUT2D eigenvalue weighted by Gasteiger charge is 2.17. The monoisotopic (exact) mass is 314 g/mol. The van der Waals surface area contributed by atoms with Crippen LogP contribution in [0.3, 0.4) is 0 Å². The fourth-order valence-electron chi connectivity index (χ4n) is 2.70. The Labute approximate surface area is 138 Å². The number of amides is 1.